The summed E-state index contributed by atoms with van der Waals surface area (Å²) in [4.78, 5) is 5.88. The molecule has 2 aromatic carbocycles. The third-order valence-electron chi connectivity index (χ3n) is 6.97. The van der Waals surface area contributed by atoms with Crippen molar-refractivity contribution in [3.05, 3.63) is 76.8 Å². The van der Waals surface area contributed by atoms with Crippen molar-refractivity contribution in [1.29, 1.82) is 0 Å². The van der Waals surface area contributed by atoms with E-state index in [1.165, 1.54) is 10.9 Å². The Hall–Kier alpha value is -2.71. The van der Waals surface area contributed by atoms with E-state index < -0.39 is 0 Å². The minimum Gasteiger partial charge on any atom is -0.494 e. The molecule has 1 unspecified atom stereocenters. The van der Waals surface area contributed by atoms with Gasteiger partial charge < -0.3 is 34.5 Å². The van der Waals surface area contributed by atoms with Gasteiger partial charge >= 0.3 is 0 Å². The van der Waals surface area contributed by atoms with E-state index in [0.29, 0.717) is 32.2 Å². The first-order valence-electron chi connectivity index (χ1n) is 13.5. The molecule has 38 heavy (non-hydrogen) atoms. The van der Waals surface area contributed by atoms with Crippen LogP contribution in [0, 0.1) is 0 Å². The molecule has 7 nitrogen and oxygen atoms in total. The fourth-order valence-corrected chi connectivity index (χ4v) is 5.22. The van der Waals surface area contributed by atoms with Crippen LogP contribution < -0.4 is 10.1 Å². The van der Waals surface area contributed by atoms with E-state index in [1.54, 1.807) is 7.11 Å². The van der Waals surface area contributed by atoms with Crippen LogP contribution in [0.3, 0.4) is 0 Å². The largest absolute Gasteiger partial charge is 0.494 e. The van der Waals surface area contributed by atoms with Crippen LogP contribution in [-0.2, 0) is 15.9 Å². The van der Waals surface area contributed by atoms with Crippen LogP contribution in [0.5, 0.6) is 5.75 Å². The predicted molar refractivity (Wildman–Crippen MR) is 153 cm³/mol. The highest BCUT2D eigenvalue weighted by atomic mass is 35.5. The van der Waals surface area contributed by atoms with Crippen molar-refractivity contribution in [2.45, 2.75) is 38.1 Å². The molecule has 0 radical (unpaired) electrons. The summed E-state index contributed by atoms with van der Waals surface area (Å²) in [5.74, 6) is 1.51. The zero-order valence-corrected chi connectivity index (χ0v) is 23.1. The molecule has 1 aliphatic rings. The van der Waals surface area contributed by atoms with Crippen molar-refractivity contribution in [2.24, 2.45) is 0 Å². The first kappa shape index (κ1) is 28.3. The summed E-state index contributed by atoms with van der Waals surface area (Å²) in [6.07, 6.45) is 5.31. The highest BCUT2D eigenvalue weighted by Gasteiger charge is 2.33. The van der Waals surface area contributed by atoms with Crippen LogP contribution >= 0.6 is 11.6 Å². The Balaban J connectivity index is 1.44. The molecule has 0 amide bonds. The number of aliphatic hydroxyl groups excluding tert-OH is 1. The van der Waals surface area contributed by atoms with Gasteiger partial charge in [-0.2, -0.15) is 0 Å². The molecular weight excluding hydrogens is 502 g/mol. The fraction of sp³-hybridized carbons (Fsp3) is 0.467. The number of fused-ring (bicyclic) bond motifs is 3. The molecule has 1 atom stereocenters. The summed E-state index contributed by atoms with van der Waals surface area (Å²) in [6, 6.07) is 14.3. The fourth-order valence-electron chi connectivity index (χ4n) is 5.05. The van der Waals surface area contributed by atoms with Gasteiger partial charge in [-0.05, 0) is 73.8 Å². The minimum absolute atomic E-state index is 0.0616. The topological polar surface area (TPSA) is 79.0 Å². The van der Waals surface area contributed by atoms with Gasteiger partial charge in [-0.3, -0.25) is 0 Å². The summed E-state index contributed by atoms with van der Waals surface area (Å²) < 4.78 is 17.1. The molecule has 0 saturated heterocycles. The lowest BCUT2D eigenvalue weighted by atomic mass is 9.92. The van der Waals surface area contributed by atoms with Crippen LogP contribution in [0.15, 0.2) is 54.9 Å². The standard InChI is InChI=1S/C30H40ClN3O4/c1-22(37-20-19-36-2)34-16-13-26-27-21-24(31)9-12-28(27)33-29(26)30(34)23-7-10-25(11-8-23)38-18-6-4-3-5-14-32-15-17-35/h7-12,21,30,32-33,35H,1,3-6,13-20H2,2H3. The molecule has 8 heteroatoms. The van der Waals surface area contributed by atoms with E-state index in [-0.39, 0.29) is 12.6 Å². The lowest BCUT2D eigenvalue weighted by molar-refractivity contribution is 0.0542. The van der Waals surface area contributed by atoms with Crippen molar-refractivity contribution in [2.75, 3.05) is 53.2 Å². The monoisotopic (exact) mass is 541 g/mol. The van der Waals surface area contributed by atoms with Gasteiger partial charge in [0.15, 0.2) is 5.88 Å². The number of halogens is 1. The number of methoxy groups -OCH3 is 1. The Bertz CT molecular complexity index is 1160. The van der Waals surface area contributed by atoms with Gasteiger partial charge in [0.2, 0.25) is 0 Å². The summed E-state index contributed by atoms with van der Waals surface area (Å²) in [6.45, 7) is 8.53. The average molecular weight is 542 g/mol. The third-order valence-corrected chi connectivity index (χ3v) is 7.20. The molecule has 0 aliphatic carbocycles. The van der Waals surface area contributed by atoms with Crippen LogP contribution in [0.1, 0.15) is 48.5 Å². The van der Waals surface area contributed by atoms with Gasteiger partial charge in [-0.1, -0.05) is 36.6 Å². The molecule has 3 aromatic rings. The van der Waals surface area contributed by atoms with Crippen molar-refractivity contribution in [1.82, 2.24) is 15.2 Å². The number of benzene rings is 2. The lowest BCUT2D eigenvalue weighted by Crippen LogP contribution is -2.36. The first-order chi connectivity index (χ1) is 18.6. The number of hydrogen-bond donors (Lipinski definition) is 3. The molecule has 0 fully saturated rings. The summed E-state index contributed by atoms with van der Waals surface area (Å²) in [5.41, 5.74) is 4.66. The van der Waals surface area contributed by atoms with E-state index in [4.69, 9.17) is 30.9 Å². The van der Waals surface area contributed by atoms with Crippen molar-refractivity contribution in [3.63, 3.8) is 0 Å². The predicted octanol–water partition coefficient (Wildman–Crippen LogP) is 5.42. The maximum Gasteiger partial charge on any atom is 0.182 e. The molecule has 2 heterocycles. The Morgan fingerprint density at radius 3 is 2.68 bits per heavy atom. The molecule has 0 spiro atoms. The number of aromatic amines is 1. The zero-order valence-electron chi connectivity index (χ0n) is 22.3. The number of hydrogen-bond acceptors (Lipinski definition) is 6. The second-order valence-corrected chi connectivity index (χ2v) is 10.0. The smallest absolute Gasteiger partial charge is 0.182 e. The van der Waals surface area contributed by atoms with Gasteiger partial charge in [0.25, 0.3) is 0 Å². The van der Waals surface area contributed by atoms with Gasteiger partial charge in [0, 0.05) is 41.8 Å². The van der Waals surface area contributed by atoms with Crippen molar-refractivity contribution in [3.8, 4) is 5.75 Å². The highest BCUT2D eigenvalue weighted by molar-refractivity contribution is 6.31. The molecule has 0 bridgehead atoms. The molecule has 4 rings (SSSR count). The second kappa shape index (κ2) is 14.4. The summed E-state index contributed by atoms with van der Waals surface area (Å²) in [5, 5.41) is 13.9. The average Bonchev–Trinajstić information content (AvgIpc) is 3.30. The quantitative estimate of drug-likeness (QED) is 0.166. The first-order valence-corrected chi connectivity index (χ1v) is 13.9. The van der Waals surface area contributed by atoms with Crippen LogP contribution in [0.25, 0.3) is 10.9 Å². The highest BCUT2D eigenvalue weighted by Crippen LogP contribution is 2.41. The number of unbranched alkanes of at least 4 members (excludes halogenated alkanes) is 3. The Morgan fingerprint density at radius 1 is 1.08 bits per heavy atom. The molecule has 1 aliphatic heterocycles. The maximum absolute atomic E-state index is 8.80. The van der Waals surface area contributed by atoms with Crippen LogP contribution in [-0.4, -0.2) is 68.2 Å². The van der Waals surface area contributed by atoms with E-state index in [2.05, 4.69) is 46.0 Å². The third kappa shape index (κ3) is 7.23. The number of aromatic nitrogens is 1. The summed E-state index contributed by atoms with van der Waals surface area (Å²) in [7, 11) is 1.67. The molecule has 1 aromatic heterocycles. The number of aliphatic hydroxyl groups is 1. The minimum atomic E-state index is -0.0616. The van der Waals surface area contributed by atoms with E-state index >= 15 is 0 Å². The Morgan fingerprint density at radius 2 is 1.89 bits per heavy atom. The van der Waals surface area contributed by atoms with E-state index in [0.717, 1.165) is 72.7 Å². The number of H-pyrrole nitrogens is 1. The van der Waals surface area contributed by atoms with Gasteiger partial charge in [-0.15, -0.1) is 0 Å². The lowest BCUT2D eigenvalue weighted by Gasteiger charge is -2.38. The molecule has 0 saturated carbocycles. The number of rotatable bonds is 16. The zero-order chi connectivity index (χ0) is 26.7. The van der Waals surface area contributed by atoms with Crippen LogP contribution in [0.2, 0.25) is 5.02 Å². The Kier molecular flexibility index (Phi) is 10.8. The number of nitrogens with one attached hydrogen (secondary N) is 2. The second-order valence-electron chi connectivity index (χ2n) is 9.59. The maximum atomic E-state index is 8.80. The molecular formula is C30H40ClN3O4. The Labute approximate surface area is 230 Å². The number of nitrogens with zero attached hydrogens (tertiary/aromatic N) is 1. The summed E-state index contributed by atoms with van der Waals surface area (Å²) >= 11 is 6.34. The van der Waals surface area contributed by atoms with Crippen LogP contribution in [0.4, 0.5) is 0 Å². The van der Waals surface area contributed by atoms with Gasteiger partial charge in [0.05, 0.1) is 25.9 Å². The number of ether oxygens (including phenoxy) is 3. The normalized spacial score (nSPS) is 15.0. The van der Waals surface area contributed by atoms with Gasteiger partial charge in [0.1, 0.15) is 12.4 Å². The van der Waals surface area contributed by atoms with E-state index in [1.807, 2.05) is 18.2 Å². The molecule has 3 N–H and O–H groups in total. The molecule has 206 valence electrons. The van der Waals surface area contributed by atoms with Crippen molar-refractivity contribution < 1.29 is 19.3 Å². The van der Waals surface area contributed by atoms with E-state index in [9.17, 15) is 0 Å². The SMILES string of the molecule is C=C(OCCOC)N1CCc2c([nH]c3ccc(Cl)cc23)C1c1ccc(OCCCCCCNCCO)cc1. The van der Waals surface area contributed by atoms with Crippen molar-refractivity contribution >= 4 is 22.5 Å². The van der Waals surface area contributed by atoms with Gasteiger partial charge in [-0.25, -0.2) is 0 Å².